The Morgan fingerprint density at radius 2 is 2.04 bits per heavy atom. The molecule has 1 heterocycles. The van der Waals surface area contributed by atoms with Gasteiger partial charge >= 0.3 is 6.03 Å². The van der Waals surface area contributed by atoms with Crippen LogP contribution in [0.15, 0.2) is 30.6 Å². The molecule has 0 radical (unpaired) electrons. The Morgan fingerprint density at radius 3 is 2.71 bits per heavy atom. The molecule has 2 aromatic rings. The third kappa shape index (κ3) is 7.30. The summed E-state index contributed by atoms with van der Waals surface area (Å²) in [7, 11) is 0. The Morgan fingerprint density at radius 1 is 1.21 bits per heavy atom. The van der Waals surface area contributed by atoms with E-state index in [4.69, 9.17) is 21.1 Å². The van der Waals surface area contributed by atoms with E-state index in [2.05, 4.69) is 25.9 Å². The molecule has 3 N–H and O–H groups in total. The van der Waals surface area contributed by atoms with Crippen LogP contribution >= 0.6 is 11.6 Å². The molecule has 1 unspecified atom stereocenters. The number of ether oxygens (including phenoxy) is 2. The van der Waals surface area contributed by atoms with Crippen molar-refractivity contribution >= 4 is 29.1 Å². The summed E-state index contributed by atoms with van der Waals surface area (Å²) in [6, 6.07) is 4.56. The summed E-state index contributed by atoms with van der Waals surface area (Å²) in [6.07, 6.45) is 2.95. The molecule has 152 valence electrons. The lowest BCUT2D eigenvalue weighted by Gasteiger charge is -2.19. The molecule has 1 aromatic carbocycles. The molecule has 0 aliphatic carbocycles. The fraction of sp³-hybridized carbons (Fsp3) is 0.421. The number of amides is 2. The van der Waals surface area contributed by atoms with Gasteiger partial charge in [0, 0.05) is 18.2 Å². The fourth-order valence-electron chi connectivity index (χ4n) is 2.34. The van der Waals surface area contributed by atoms with E-state index in [9.17, 15) is 4.79 Å². The molecule has 0 spiro atoms. The zero-order valence-corrected chi connectivity index (χ0v) is 17.0. The lowest BCUT2D eigenvalue weighted by molar-refractivity contribution is 0.0287. The first kappa shape index (κ1) is 21.9. The van der Waals surface area contributed by atoms with E-state index in [-0.39, 0.29) is 6.10 Å². The van der Waals surface area contributed by atoms with Gasteiger partial charge in [-0.3, -0.25) is 10.3 Å². The summed E-state index contributed by atoms with van der Waals surface area (Å²) in [5.41, 5.74) is 1.21. The Kier molecular flexibility index (Phi) is 8.93. The maximum absolute atomic E-state index is 12.3. The smallest absolute Gasteiger partial charge is 0.325 e. The highest BCUT2D eigenvalue weighted by atomic mass is 35.5. The SMILES string of the molecule is CCNCC(COc1ccc(Cl)cc1NC(=O)Nc1cnc(C)cn1)OCC. The van der Waals surface area contributed by atoms with Crippen molar-refractivity contribution in [3.05, 3.63) is 41.3 Å². The molecule has 0 aliphatic rings. The number of benzene rings is 1. The highest BCUT2D eigenvalue weighted by Crippen LogP contribution is 2.28. The van der Waals surface area contributed by atoms with Crippen molar-refractivity contribution in [3.8, 4) is 5.75 Å². The van der Waals surface area contributed by atoms with E-state index in [1.165, 1.54) is 6.20 Å². The topological polar surface area (TPSA) is 97.4 Å². The number of nitrogens with zero attached hydrogens (tertiary/aromatic N) is 2. The van der Waals surface area contributed by atoms with Gasteiger partial charge in [-0.25, -0.2) is 9.78 Å². The maximum Gasteiger partial charge on any atom is 0.325 e. The van der Waals surface area contributed by atoms with Crippen molar-refractivity contribution in [2.24, 2.45) is 0 Å². The summed E-state index contributed by atoms with van der Waals surface area (Å²) in [6.45, 7) is 8.23. The van der Waals surface area contributed by atoms with Gasteiger partial charge in [0.15, 0.2) is 5.82 Å². The average Bonchev–Trinajstić information content (AvgIpc) is 2.67. The Bertz CT molecular complexity index is 758. The van der Waals surface area contributed by atoms with E-state index < -0.39 is 6.03 Å². The van der Waals surface area contributed by atoms with Gasteiger partial charge in [0.25, 0.3) is 0 Å². The monoisotopic (exact) mass is 407 g/mol. The van der Waals surface area contributed by atoms with Crippen LogP contribution in [-0.2, 0) is 4.74 Å². The van der Waals surface area contributed by atoms with Crippen LogP contribution in [0.1, 0.15) is 19.5 Å². The molecular formula is C19H26ClN5O3. The average molecular weight is 408 g/mol. The summed E-state index contributed by atoms with van der Waals surface area (Å²) >= 11 is 6.07. The van der Waals surface area contributed by atoms with Crippen LogP contribution in [0.25, 0.3) is 0 Å². The molecular weight excluding hydrogens is 382 g/mol. The molecule has 0 aliphatic heterocycles. The normalized spacial score (nSPS) is 11.7. The lowest BCUT2D eigenvalue weighted by Crippen LogP contribution is -2.34. The number of nitrogens with one attached hydrogen (secondary N) is 3. The first-order valence-corrected chi connectivity index (χ1v) is 9.51. The Balaban J connectivity index is 2.02. The standard InChI is InChI=1S/C19H26ClN5O3/c1-4-21-10-15(27-5-2)12-28-17-7-6-14(20)8-16(17)24-19(26)25-18-11-22-13(3)9-23-18/h6-9,11,15,21H,4-5,10,12H2,1-3H3,(H2,23,24,25,26). The number of carbonyl (C=O) groups excluding carboxylic acids is 1. The van der Waals surface area contributed by atoms with Crippen LogP contribution in [0.2, 0.25) is 5.02 Å². The number of hydrogen-bond acceptors (Lipinski definition) is 6. The Hall–Kier alpha value is -2.42. The number of urea groups is 1. The van der Waals surface area contributed by atoms with Gasteiger partial charge in [0.2, 0.25) is 0 Å². The minimum absolute atomic E-state index is 0.106. The molecule has 2 rings (SSSR count). The minimum atomic E-state index is -0.473. The Labute approximate surface area is 170 Å². The van der Waals surface area contributed by atoms with Gasteiger partial charge in [-0.15, -0.1) is 0 Å². The largest absolute Gasteiger partial charge is 0.489 e. The van der Waals surface area contributed by atoms with Gasteiger partial charge < -0.3 is 20.1 Å². The molecule has 0 saturated carbocycles. The summed E-state index contributed by atoms with van der Waals surface area (Å²) in [5, 5.41) is 9.07. The minimum Gasteiger partial charge on any atom is -0.489 e. The molecule has 28 heavy (non-hydrogen) atoms. The highest BCUT2D eigenvalue weighted by Gasteiger charge is 2.13. The second-order valence-corrected chi connectivity index (χ2v) is 6.40. The molecule has 1 aromatic heterocycles. The van der Waals surface area contributed by atoms with Crippen molar-refractivity contribution in [3.63, 3.8) is 0 Å². The number of anilines is 2. The molecule has 0 bridgehead atoms. The van der Waals surface area contributed by atoms with Gasteiger partial charge in [-0.1, -0.05) is 18.5 Å². The first-order chi connectivity index (χ1) is 13.5. The summed E-state index contributed by atoms with van der Waals surface area (Å²) in [5.74, 6) is 0.838. The molecule has 0 saturated heterocycles. The number of likely N-dealkylation sites (N-methyl/N-ethyl adjacent to an activating group) is 1. The van der Waals surface area contributed by atoms with Crippen LogP contribution in [-0.4, -0.2) is 48.4 Å². The van der Waals surface area contributed by atoms with Crippen LogP contribution in [0.5, 0.6) is 5.75 Å². The van der Waals surface area contributed by atoms with E-state index in [1.807, 2.05) is 20.8 Å². The van der Waals surface area contributed by atoms with E-state index in [0.29, 0.717) is 42.0 Å². The third-order valence-corrected chi connectivity index (χ3v) is 3.90. The van der Waals surface area contributed by atoms with Gasteiger partial charge in [-0.2, -0.15) is 0 Å². The van der Waals surface area contributed by atoms with E-state index in [0.717, 1.165) is 12.2 Å². The van der Waals surface area contributed by atoms with Crippen molar-refractivity contribution in [2.45, 2.75) is 26.9 Å². The van der Waals surface area contributed by atoms with Crippen LogP contribution in [0.3, 0.4) is 0 Å². The van der Waals surface area contributed by atoms with Gasteiger partial charge in [-0.05, 0) is 38.6 Å². The number of aryl methyl sites for hydroxylation is 1. The maximum atomic E-state index is 12.3. The van der Waals surface area contributed by atoms with E-state index >= 15 is 0 Å². The quantitative estimate of drug-likeness (QED) is 0.558. The van der Waals surface area contributed by atoms with Crippen molar-refractivity contribution in [2.75, 3.05) is 36.9 Å². The fourth-order valence-corrected chi connectivity index (χ4v) is 2.51. The van der Waals surface area contributed by atoms with E-state index in [1.54, 1.807) is 24.4 Å². The number of halogens is 1. The predicted octanol–water partition coefficient (Wildman–Crippen LogP) is 3.48. The zero-order valence-electron chi connectivity index (χ0n) is 16.3. The predicted molar refractivity (Wildman–Crippen MR) is 110 cm³/mol. The highest BCUT2D eigenvalue weighted by molar-refractivity contribution is 6.31. The number of hydrogen-bond donors (Lipinski definition) is 3. The zero-order chi connectivity index (χ0) is 20.4. The second-order valence-electron chi connectivity index (χ2n) is 5.96. The molecule has 8 nitrogen and oxygen atoms in total. The lowest BCUT2D eigenvalue weighted by atomic mass is 10.3. The number of carbonyl (C=O) groups is 1. The first-order valence-electron chi connectivity index (χ1n) is 9.13. The van der Waals surface area contributed by atoms with Crippen LogP contribution in [0.4, 0.5) is 16.3 Å². The van der Waals surface area contributed by atoms with Gasteiger partial charge in [0.1, 0.15) is 18.5 Å². The molecule has 2 amide bonds. The number of rotatable bonds is 10. The van der Waals surface area contributed by atoms with Gasteiger partial charge in [0.05, 0.1) is 23.8 Å². The third-order valence-electron chi connectivity index (χ3n) is 3.66. The molecule has 9 heteroatoms. The van der Waals surface area contributed by atoms with Crippen LogP contribution < -0.4 is 20.7 Å². The molecule has 0 fully saturated rings. The van der Waals surface area contributed by atoms with Crippen LogP contribution in [0, 0.1) is 6.92 Å². The van der Waals surface area contributed by atoms with Crippen molar-refractivity contribution in [1.29, 1.82) is 0 Å². The van der Waals surface area contributed by atoms with Crippen molar-refractivity contribution < 1.29 is 14.3 Å². The summed E-state index contributed by atoms with van der Waals surface area (Å²) < 4.78 is 11.5. The molecule has 1 atom stereocenters. The number of aromatic nitrogens is 2. The second kappa shape index (κ2) is 11.4. The summed E-state index contributed by atoms with van der Waals surface area (Å²) in [4.78, 5) is 20.5. The van der Waals surface area contributed by atoms with Crippen molar-refractivity contribution in [1.82, 2.24) is 15.3 Å².